The predicted octanol–water partition coefficient (Wildman–Crippen LogP) is 1.98. The van der Waals surface area contributed by atoms with Crippen LogP contribution in [-0.4, -0.2) is 98.8 Å². The van der Waals surface area contributed by atoms with Crippen LogP contribution in [0.2, 0.25) is 0 Å². The van der Waals surface area contributed by atoms with Crippen LogP contribution in [0.4, 0.5) is 0 Å². The van der Waals surface area contributed by atoms with Crippen molar-refractivity contribution in [2.75, 3.05) is 13.2 Å². The first kappa shape index (κ1) is 32.6. The summed E-state index contributed by atoms with van der Waals surface area (Å²) in [5.74, 6) is 1.57. The van der Waals surface area contributed by atoms with Gasteiger partial charge in [-0.05, 0) is 80.5 Å². The number of aliphatic hydroxyl groups excluding tert-OH is 6. The molecule has 1 saturated heterocycles. The highest BCUT2D eigenvalue weighted by Gasteiger charge is 2.62. The van der Waals surface area contributed by atoms with Gasteiger partial charge in [-0.2, -0.15) is 0 Å². The molecule has 4 aliphatic carbocycles. The largest absolute Gasteiger partial charge is 0.458 e. The van der Waals surface area contributed by atoms with E-state index in [0.29, 0.717) is 48.5 Å². The van der Waals surface area contributed by atoms with Gasteiger partial charge in [-0.3, -0.25) is 0 Å². The van der Waals surface area contributed by atoms with E-state index >= 15 is 0 Å². The van der Waals surface area contributed by atoms with Gasteiger partial charge in [0, 0.05) is 18.3 Å². The number of allylic oxidation sites excluding steroid dienone is 1. The van der Waals surface area contributed by atoms with Crippen molar-refractivity contribution in [1.29, 1.82) is 0 Å². The Balaban J connectivity index is 1.16. The van der Waals surface area contributed by atoms with Crippen LogP contribution in [0.3, 0.4) is 0 Å². The van der Waals surface area contributed by atoms with Gasteiger partial charge in [0.1, 0.15) is 30.5 Å². The summed E-state index contributed by atoms with van der Waals surface area (Å²) in [5.41, 5.74) is 2.24. The Kier molecular flexibility index (Phi) is 8.89. The Bertz CT molecular complexity index is 1170. The first-order valence-electron chi connectivity index (χ1n) is 16.7. The Morgan fingerprint density at radius 3 is 2.45 bits per heavy atom. The minimum atomic E-state index is -1.50. The van der Waals surface area contributed by atoms with E-state index < -0.39 is 49.5 Å². The lowest BCUT2D eigenvalue weighted by molar-refractivity contribution is -0.315. The second kappa shape index (κ2) is 12.0. The Morgan fingerprint density at radius 1 is 1.02 bits per heavy atom. The van der Waals surface area contributed by atoms with Gasteiger partial charge in [0.25, 0.3) is 0 Å². The number of hydrogen-bond acceptors (Lipinski definition) is 10. The van der Waals surface area contributed by atoms with Crippen molar-refractivity contribution in [2.45, 2.75) is 128 Å². The average molecular weight is 621 g/mol. The summed E-state index contributed by atoms with van der Waals surface area (Å²) >= 11 is 0. The molecule has 6 N–H and O–H groups in total. The van der Waals surface area contributed by atoms with Gasteiger partial charge in [-0.1, -0.05) is 38.0 Å². The fourth-order valence-electron chi connectivity index (χ4n) is 10.7. The highest BCUT2D eigenvalue weighted by atomic mass is 16.7. The SMILES string of the molecule is CC1=C(CO)C(=O)O[C@H]([C@H](C)[C@@H]2CC[C@H]3[C@@H]4CC=C5C[C@H](O[C@H]6O[C@@H](CO)[C@H](O)[C@@H](O)[C@@H]6O)C[C@@H](O)[C@@]5(C)[C@@H]4CC[C@@]23C)C1. The number of cyclic esters (lactones) is 1. The fraction of sp³-hybridized carbons (Fsp3) is 0.853. The quantitative estimate of drug-likeness (QED) is 0.191. The summed E-state index contributed by atoms with van der Waals surface area (Å²) in [7, 11) is 0. The molecule has 4 fully saturated rings. The van der Waals surface area contributed by atoms with E-state index in [9.17, 15) is 35.4 Å². The van der Waals surface area contributed by atoms with E-state index in [0.717, 1.165) is 37.7 Å². The van der Waals surface area contributed by atoms with E-state index in [4.69, 9.17) is 14.2 Å². The third kappa shape index (κ3) is 5.03. The summed E-state index contributed by atoms with van der Waals surface area (Å²) in [6.45, 7) is 8.02. The highest BCUT2D eigenvalue weighted by Crippen LogP contribution is 2.67. The Labute approximate surface area is 260 Å². The van der Waals surface area contributed by atoms with Crippen molar-refractivity contribution in [3.63, 3.8) is 0 Å². The number of aliphatic hydroxyl groups is 6. The molecule has 0 aromatic carbocycles. The summed E-state index contributed by atoms with van der Waals surface area (Å²) in [6.07, 6.45) is 1.26. The van der Waals surface area contributed by atoms with Gasteiger partial charge < -0.3 is 44.8 Å². The zero-order valence-corrected chi connectivity index (χ0v) is 26.5. The Morgan fingerprint density at radius 2 is 1.77 bits per heavy atom. The zero-order chi connectivity index (χ0) is 31.7. The second-order valence-electron chi connectivity index (χ2n) is 15.2. The normalized spacial score (nSPS) is 49.9. The molecule has 248 valence electrons. The molecule has 0 spiro atoms. The number of carbonyl (C=O) groups excluding carboxylic acids is 1. The lowest BCUT2D eigenvalue weighted by Gasteiger charge is -2.60. The molecule has 44 heavy (non-hydrogen) atoms. The molecule has 6 rings (SSSR count). The van der Waals surface area contributed by atoms with Gasteiger partial charge in [0.15, 0.2) is 6.29 Å². The van der Waals surface area contributed by atoms with Crippen LogP contribution in [0.25, 0.3) is 0 Å². The number of esters is 1. The van der Waals surface area contributed by atoms with E-state index in [1.807, 2.05) is 6.92 Å². The molecule has 6 aliphatic rings. The highest BCUT2D eigenvalue weighted by molar-refractivity contribution is 5.90. The fourth-order valence-corrected chi connectivity index (χ4v) is 10.7. The maximum Gasteiger partial charge on any atom is 0.336 e. The number of rotatable bonds is 6. The summed E-state index contributed by atoms with van der Waals surface area (Å²) < 4.78 is 17.6. The van der Waals surface area contributed by atoms with E-state index in [1.54, 1.807) is 0 Å². The van der Waals surface area contributed by atoms with Gasteiger partial charge >= 0.3 is 5.97 Å². The molecule has 0 amide bonds. The number of hydrogen-bond donors (Lipinski definition) is 6. The molecular formula is C34H52O10. The maximum atomic E-state index is 12.6. The van der Waals surface area contributed by atoms with E-state index in [2.05, 4.69) is 26.8 Å². The van der Waals surface area contributed by atoms with Crippen LogP contribution in [0.1, 0.15) is 79.1 Å². The van der Waals surface area contributed by atoms with Gasteiger partial charge in [-0.15, -0.1) is 0 Å². The molecule has 0 radical (unpaired) electrons. The van der Waals surface area contributed by atoms with Crippen molar-refractivity contribution in [3.8, 4) is 0 Å². The topological polar surface area (TPSA) is 166 Å². The van der Waals surface area contributed by atoms with Crippen LogP contribution in [0.15, 0.2) is 22.8 Å². The predicted molar refractivity (Wildman–Crippen MR) is 159 cm³/mol. The van der Waals surface area contributed by atoms with Crippen LogP contribution in [0.5, 0.6) is 0 Å². The zero-order valence-electron chi connectivity index (χ0n) is 26.5. The van der Waals surface area contributed by atoms with Crippen molar-refractivity contribution in [1.82, 2.24) is 0 Å². The molecule has 2 heterocycles. The Hall–Kier alpha value is -1.37. The van der Waals surface area contributed by atoms with Crippen molar-refractivity contribution in [3.05, 3.63) is 22.8 Å². The van der Waals surface area contributed by atoms with Crippen molar-refractivity contribution < 1.29 is 49.6 Å². The third-order valence-corrected chi connectivity index (χ3v) is 13.3. The average Bonchev–Trinajstić information content (AvgIpc) is 3.34. The summed E-state index contributed by atoms with van der Waals surface area (Å²) in [5, 5.41) is 61.7. The molecule has 15 atom stereocenters. The molecule has 0 aromatic heterocycles. The van der Waals surface area contributed by atoms with Crippen molar-refractivity contribution in [2.24, 2.45) is 40.4 Å². The maximum absolute atomic E-state index is 12.6. The van der Waals surface area contributed by atoms with Crippen LogP contribution in [-0.2, 0) is 19.0 Å². The minimum absolute atomic E-state index is 0.123. The van der Waals surface area contributed by atoms with Crippen LogP contribution >= 0.6 is 0 Å². The number of carbonyl (C=O) groups is 1. The molecule has 2 aliphatic heterocycles. The standard InChI is InChI=1S/C34H52O10/c1-16-11-25(43-31(41)21(16)14-35)17(2)22-7-8-23-20-6-5-18-12-19(42-32-30(40)29(39)28(38)26(15-36)44-32)13-27(37)34(18,4)24(20)9-10-33(22,23)3/h5,17,19-20,22-30,32,35-40H,6-15H2,1-4H3/t17-,19+,20+,22+,23+,24-,25+,26+,27-,28+,29-,30+,32+,33+,34-/m1/s1. The lowest BCUT2D eigenvalue weighted by Crippen LogP contribution is -2.60. The second-order valence-corrected chi connectivity index (χ2v) is 15.2. The summed E-state index contributed by atoms with van der Waals surface area (Å²) in [4.78, 5) is 12.6. The first-order valence-corrected chi connectivity index (χ1v) is 16.7. The minimum Gasteiger partial charge on any atom is -0.458 e. The van der Waals surface area contributed by atoms with E-state index in [1.165, 1.54) is 5.57 Å². The molecular weight excluding hydrogens is 568 g/mol. The number of fused-ring (bicyclic) bond motifs is 5. The van der Waals surface area contributed by atoms with Gasteiger partial charge in [-0.25, -0.2) is 4.79 Å². The molecule has 0 unspecified atom stereocenters. The third-order valence-electron chi connectivity index (χ3n) is 13.3. The molecule has 3 saturated carbocycles. The van der Waals surface area contributed by atoms with Crippen molar-refractivity contribution >= 4 is 5.97 Å². The first-order chi connectivity index (χ1) is 20.8. The molecule has 0 bridgehead atoms. The molecule has 0 aromatic rings. The smallest absolute Gasteiger partial charge is 0.336 e. The molecule has 10 nitrogen and oxygen atoms in total. The monoisotopic (exact) mass is 620 g/mol. The van der Waals surface area contributed by atoms with Gasteiger partial charge in [0.2, 0.25) is 0 Å². The van der Waals surface area contributed by atoms with E-state index in [-0.39, 0.29) is 35.4 Å². The van der Waals surface area contributed by atoms with Crippen LogP contribution in [0, 0.1) is 40.4 Å². The lowest BCUT2D eigenvalue weighted by atomic mass is 9.46. The number of ether oxygens (including phenoxy) is 3. The molecule has 10 heteroatoms. The van der Waals surface area contributed by atoms with Crippen LogP contribution < -0.4 is 0 Å². The van der Waals surface area contributed by atoms with Gasteiger partial charge in [0.05, 0.1) is 31.0 Å². The summed E-state index contributed by atoms with van der Waals surface area (Å²) in [6, 6.07) is 0.